The molecule has 1 aromatic carbocycles. The maximum Gasteiger partial charge on any atom is 0.167 e. The van der Waals surface area contributed by atoms with E-state index in [0.29, 0.717) is 11.5 Å². The quantitative estimate of drug-likeness (QED) is 0.117. The summed E-state index contributed by atoms with van der Waals surface area (Å²) in [6, 6.07) is 8.22. The molecule has 4 aromatic rings. The molecule has 0 amide bonds. The van der Waals surface area contributed by atoms with Crippen LogP contribution < -0.4 is 5.32 Å². The molecule has 0 radical (unpaired) electrons. The number of hydrogen-bond donors (Lipinski definition) is 1. The van der Waals surface area contributed by atoms with Crippen molar-refractivity contribution in [2.45, 2.75) is 25.7 Å². The van der Waals surface area contributed by atoms with Crippen LogP contribution in [0.5, 0.6) is 0 Å². The molecule has 0 aliphatic carbocycles. The van der Waals surface area contributed by atoms with Gasteiger partial charge in [-0.3, -0.25) is 4.34 Å². The largest absolute Gasteiger partial charge is 0.353 e. The van der Waals surface area contributed by atoms with Gasteiger partial charge in [0.25, 0.3) is 0 Å². The van der Waals surface area contributed by atoms with Crippen molar-refractivity contribution >= 4 is 85.7 Å². The van der Waals surface area contributed by atoms with Crippen LogP contribution in [0.2, 0.25) is 5.15 Å². The molecule has 5 nitrogen and oxygen atoms in total. The highest BCUT2D eigenvalue weighted by atomic mass is 127. The van der Waals surface area contributed by atoms with Gasteiger partial charge in [0.2, 0.25) is 0 Å². The minimum atomic E-state index is 0.451. The maximum absolute atomic E-state index is 6.32. The number of benzene rings is 1. The lowest BCUT2D eigenvalue weighted by molar-refractivity contribution is 1.10. The summed E-state index contributed by atoms with van der Waals surface area (Å²) in [4.78, 5) is 16.3. The van der Waals surface area contributed by atoms with Gasteiger partial charge in [-0.15, -0.1) is 23.1 Å². The average Bonchev–Trinajstić information content (AvgIpc) is 3.20. The summed E-state index contributed by atoms with van der Waals surface area (Å²) in [6.45, 7) is 6.15. The fraction of sp³-hybridized carbons (Fsp3) is 0.211. The fourth-order valence-electron chi connectivity index (χ4n) is 2.99. The first-order chi connectivity index (χ1) is 13.9. The van der Waals surface area contributed by atoms with Crippen molar-refractivity contribution < 1.29 is 0 Å². The van der Waals surface area contributed by atoms with Crippen molar-refractivity contribution in [1.29, 1.82) is 0 Å². The summed E-state index contributed by atoms with van der Waals surface area (Å²) in [5.74, 6) is 0.931. The highest BCUT2D eigenvalue weighted by Gasteiger charge is 2.16. The Bertz CT molecular complexity index is 1200. The first kappa shape index (κ1) is 21.3. The second-order valence-electron chi connectivity index (χ2n) is 6.44. The molecule has 150 valence electrons. The normalized spacial score (nSPS) is 11.8. The molecule has 0 aliphatic rings. The SMILES string of the molecule is CSc1cc(-c2nc(C)c(C)s2)ccc1Nc1cc(Cl)nc2c1nc(C)n2PI. The number of hydrogen-bond acceptors (Lipinski definition) is 6. The van der Waals surface area contributed by atoms with Gasteiger partial charge >= 0.3 is 0 Å². The van der Waals surface area contributed by atoms with Gasteiger partial charge in [-0.25, -0.2) is 15.0 Å². The van der Waals surface area contributed by atoms with Gasteiger partial charge in [-0.1, -0.05) is 11.6 Å². The van der Waals surface area contributed by atoms with Crippen LogP contribution in [-0.2, 0) is 0 Å². The number of thiazole rings is 1. The molecule has 0 bridgehead atoms. The standard InChI is InChI=1S/C19H18ClIN5PS2/c1-9-10(2)29-19(22-9)12-5-6-13(15(7-12)28-4)24-14-8-16(20)25-18-17(14)23-11(3)26(18)27-21/h5-8,27H,1-4H3,(H,24,25). The topological polar surface area (TPSA) is 55.6 Å². The molecular formula is C19H18ClIN5PS2. The predicted octanol–water partition coefficient (Wildman–Crippen LogP) is 7.39. The first-order valence-corrected chi connectivity index (χ1v) is 15.2. The van der Waals surface area contributed by atoms with Crippen molar-refractivity contribution in [2.24, 2.45) is 0 Å². The zero-order chi connectivity index (χ0) is 20.7. The van der Waals surface area contributed by atoms with Crippen molar-refractivity contribution in [3.8, 4) is 10.6 Å². The van der Waals surface area contributed by atoms with E-state index in [2.05, 4.69) is 75.0 Å². The van der Waals surface area contributed by atoms with Gasteiger partial charge < -0.3 is 5.32 Å². The van der Waals surface area contributed by atoms with Crippen LogP contribution >= 0.6 is 63.1 Å². The maximum atomic E-state index is 6.32. The molecule has 4 rings (SSSR count). The summed E-state index contributed by atoms with van der Waals surface area (Å²) < 4.78 is 2.08. The number of halogens is 2. The zero-order valence-electron chi connectivity index (χ0n) is 16.2. The first-order valence-electron chi connectivity index (χ1n) is 8.73. The number of pyridine rings is 1. The Balaban J connectivity index is 1.76. The Morgan fingerprint density at radius 2 is 1.93 bits per heavy atom. The van der Waals surface area contributed by atoms with Gasteiger partial charge in [0.05, 0.1) is 23.4 Å². The van der Waals surface area contributed by atoms with E-state index in [1.807, 2.05) is 13.0 Å². The van der Waals surface area contributed by atoms with E-state index >= 15 is 0 Å². The third kappa shape index (κ3) is 4.14. The van der Waals surface area contributed by atoms with E-state index in [4.69, 9.17) is 21.6 Å². The van der Waals surface area contributed by atoms with Gasteiger partial charge in [0, 0.05) is 21.4 Å². The average molecular weight is 574 g/mol. The minimum absolute atomic E-state index is 0.451. The molecule has 0 spiro atoms. The summed E-state index contributed by atoms with van der Waals surface area (Å²) >= 11 is 12.1. The summed E-state index contributed by atoms with van der Waals surface area (Å²) in [6.07, 6.45) is 2.59. The molecular weight excluding hydrogens is 556 g/mol. The predicted molar refractivity (Wildman–Crippen MR) is 137 cm³/mol. The molecule has 0 aliphatic heterocycles. The second-order valence-corrected chi connectivity index (χ2v) is 10.9. The van der Waals surface area contributed by atoms with Crippen molar-refractivity contribution in [1.82, 2.24) is 19.3 Å². The number of imidazole rings is 1. The molecule has 0 fully saturated rings. The van der Waals surface area contributed by atoms with Crippen LogP contribution in [-0.4, -0.2) is 25.5 Å². The molecule has 0 saturated heterocycles. The summed E-state index contributed by atoms with van der Waals surface area (Å²) in [5, 5.41) is 5.03. The Hall–Kier alpha value is -0.930. The third-order valence-electron chi connectivity index (χ3n) is 4.58. The van der Waals surface area contributed by atoms with Crippen molar-refractivity contribution in [3.63, 3.8) is 0 Å². The lowest BCUT2D eigenvalue weighted by atomic mass is 10.2. The van der Waals surface area contributed by atoms with Crippen LogP contribution in [0.4, 0.5) is 11.4 Å². The van der Waals surface area contributed by atoms with Gasteiger partial charge in [0.15, 0.2) is 5.65 Å². The number of anilines is 2. The lowest BCUT2D eigenvalue weighted by Gasteiger charge is -2.13. The minimum Gasteiger partial charge on any atom is -0.353 e. The Morgan fingerprint density at radius 3 is 2.59 bits per heavy atom. The van der Waals surface area contributed by atoms with Gasteiger partial charge in [-0.05, 0) is 67.3 Å². The van der Waals surface area contributed by atoms with E-state index in [1.165, 1.54) is 4.88 Å². The van der Waals surface area contributed by atoms with Crippen LogP contribution in [0, 0.1) is 20.8 Å². The van der Waals surface area contributed by atoms with E-state index in [-0.39, 0.29) is 0 Å². The third-order valence-corrected chi connectivity index (χ3v) is 8.83. The molecule has 10 heteroatoms. The summed E-state index contributed by atoms with van der Waals surface area (Å²) in [5.41, 5.74) is 5.73. The van der Waals surface area contributed by atoms with Crippen molar-refractivity contribution in [2.75, 3.05) is 11.6 Å². The molecule has 1 N–H and O–H groups in total. The number of rotatable bonds is 5. The molecule has 1 unspecified atom stereocenters. The number of aryl methyl sites for hydroxylation is 3. The van der Waals surface area contributed by atoms with Crippen LogP contribution in [0.1, 0.15) is 16.4 Å². The van der Waals surface area contributed by atoms with E-state index in [0.717, 1.165) is 49.5 Å². The zero-order valence-corrected chi connectivity index (χ0v) is 21.7. The Labute approximate surface area is 197 Å². The molecule has 1 atom stereocenters. The van der Waals surface area contributed by atoms with Crippen molar-refractivity contribution in [3.05, 3.63) is 45.8 Å². The number of fused-ring (bicyclic) bond motifs is 1. The molecule has 0 saturated carbocycles. The number of aromatic nitrogens is 4. The number of thioether (sulfide) groups is 1. The fourth-order valence-corrected chi connectivity index (χ4v) is 6.82. The van der Waals surface area contributed by atoms with E-state index in [9.17, 15) is 0 Å². The highest BCUT2D eigenvalue weighted by Crippen LogP contribution is 2.38. The molecule has 3 aromatic heterocycles. The highest BCUT2D eigenvalue weighted by molar-refractivity contribution is 14.2. The van der Waals surface area contributed by atoms with Gasteiger partial charge in [0.1, 0.15) is 21.5 Å². The smallest absolute Gasteiger partial charge is 0.167 e. The lowest BCUT2D eigenvalue weighted by Crippen LogP contribution is -1.96. The molecule has 3 heterocycles. The summed E-state index contributed by atoms with van der Waals surface area (Å²) in [7, 11) is 0. The van der Waals surface area contributed by atoms with Gasteiger partial charge in [-0.2, -0.15) is 0 Å². The van der Waals surface area contributed by atoms with Crippen LogP contribution in [0.15, 0.2) is 29.2 Å². The number of nitrogens with zero attached hydrogens (tertiary/aromatic N) is 4. The second kappa shape index (κ2) is 8.67. The van der Waals surface area contributed by atoms with E-state index in [1.54, 1.807) is 23.1 Å². The van der Waals surface area contributed by atoms with Crippen LogP contribution in [0.25, 0.3) is 21.7 Å². The Kier molecular flexibility index (Phi) is 6.37. The van der Waals surface area contributed by atoms with E-state index < -0.39 is 0 Å². The van der Waals surface area contributed by atoms with Crippen LogP contribution in [0.3, 0.4) is 0 Å². The number of nitrogens with one attached hydrogen (secondary N) is 1. The molecule has 29 heavy (non-hydrogen) atoms. The Morgan fingerprint density at radius 1 is 1.14 bits per heavy atom. The monoisotopic (exact) mass is 573 g/mol.